The largest absolute Gasteiger partial charge is 0.331 e. The average Bonchev–Trinajstić information content (AvgIpc) is 2.60. The van der Waals surface area contributed by atoms with Crippen LogP contribution in [0.15, 0.2) is 30.5 Å². The van der Waals surface area contributed by atoms with Crippen LogP contribution in [0.5, 0.6) is 0 Å². The number of nitrogens with zero attached hydrogens (tertiary/aromatic N) is 2. The van der Waals surface area contributed by atoms with Gasteiger partial charge in [0.05, 0.1) is 11.9 Å². The first-order valence-corrected chi connectivity index (χ1v) is 5.44. The third kappa shape index (κ3) is 1.86. The lowest BCUT2D eigenvalue weighted by Crippen LogP contribution is -2.04. The number of hydrogen-bond donors (Lipinski definition) is 1. The topological polar surface area (TPSA) is 43.8 Å². The Kier molecular flexibility index (Phi) is 2.79. The second-order valence-corrected chi connectivity index (χ2v) is 4.16. The van der Waals surface area contributed by atoms with Crippen molar-refractivity contribution in [3.8, 4) is 11.3 Å². The molecule has 0 amide bonds. The van der Waals surface area contributed by atoms with Crippen molar-refractivity contribution in [3.63, 3.8) is 0 Å². The SMILES string of the molecule is Cc1ncc(-c2ccc([C@H](C)N)cc2)n1C. The number of aromatic nitrogens is 2. The molecule has 16 heavy (non-hydrogen) atoms. The van der Waals surface area contributed by atoms with Gasteiger partial charge in [0.1, 0.15) is 5.82 Å². The lowest BCUT2D eigenvalue weighted by atomic mass is 10.1. The van der Waals surface area contributed by atoms with Gasteiger partial charge in [-0.2, -0.15) is 0 Å². The van der Waals surface area contributed by atoms with Crippen molar-refractivity contribution in [1.82, 2.24) is 9.55 Å². The zero-order valence-corrected chi connectivity index (χ0v) is 9.94. The van der Waals surface area contributed by atoms with Crippen LogP contribution in [0.2, 0.25) is 0 Å². The molecule has 1 atom stereocenters. The van der Waals surface area contributed by atoms with Crippen LogP contribution in [-0.4, -0.2) is 9.55 Å². The Hall–Kier alpha value is -1.61. The Balaban J connectivity index is 2.38. The molecule has 2 N–H and O–H groups in total. The van der Waals surface area contributed by atoms with E-state index in [0.717, 1.165) is 17.1 Å². The minimum atomic E-state index is 0.0855. The van der Waals surface area contributed by atoms with Gasteiger partial charge in [0.25, 0.3) is 0 Å². The maximum Gasteiger partial charge on any atom is 0.105 e. The third-order valence-electron chi connectivity index (χ3n) is 2.95. The molecule has 0 aliphatic rings. The summed E-state index contributed by atoms with van der Waals surface area (Å²) in [4.78, 5) is 4.29. The van der Waals surface area contributed by atoms with Crippen molar-refractivity contribution < 1.29 is 0 Å². The Morgan fingerprint density at radius 3 is 2.31 bits per heavy atom. The molecule has 3 nitrogen and oxygen atoms in total. The van der Waals surface area contributed by atoms with E-state index in [1.54, 1.807) is 0 Å². The zero-order chi connectivity index (χ0) is 11.7. The number of aryl methyl sites for hydroxylation is 1. The normalized spacial score (nSPS) is 12.8. The van der Waals surface area contributed by atoms with Gasteiger partial charge < -0.3 is 10.3 Å². The van der Waals surface area contributed by atoms with E-state index in [9.17, 15) is 0 Å². The Bertz CT molecular complexity index is 480. The van der Waals surface area contributed by atoms with Gasteiger partial charge in [0.2, 0.25) is 0 Å². The van der Waals surface area contributed by atoms with E-state index in [1.807, 2.05) is 27.1 Å². The number of rotatable bonds is 2. The highest BCUT2D eigenvalue weighted by molar-refractivity contribution is 5.59. The molecule has 2 aromatic rings. The molecule has 3 heteroatoms. The van der Waals surface area contributed by atoms with Gasteiger partial charge in [-0.25, -0.2) is 4.98 Å². The summed E-state index contributed by atoms with van der Waals surface area (Å²) >= 11 is 0. The van der Waals surface area contributed by atoms with Crippen LogP contribution in [0.1, 0.15) is 24.4 Å². The molecule has 1 heterocycles. The molecular formula is C13H17N3. The molecule has 0 saturated carbocycles. The fraction of sp³-hybridized carbons (Fsp3) is 0.308. The van der Waals surface area contributed by atoms with Crippen LogP contribution in [0.3, 0.4) is 0 Å². The molecule has 0 aliphatic carbocycles. The summed E-state index contributed by atoms with van der Waals surface area (Å²) in [6.45, 7) is 3.99. The van der Waals surface area contributed by atoms with E-state index in [4.69, 9.17) is 5.73 Å². The highest BCUT2D eigenvalue weighted by Crippen LogP contribution is 2.21. The van der Waals surface area contributed by atoms with Gasteiger partial charge in [0.15, 0.2) is 0 Å². The summed E-state index contributed by atoms with van der Waals surface area (Å²) < 4.78 is 2.08. The monoisotopic (exact) mass is 215 g/mol. The fourth-order valence-corrected chi connectivity index (χ4v) is 1.73. The van der Waals surface area contributed by atoms with Gasteiger partial charge in [-0.3, -0.25) is 0 Å². The molecule has 0 bridgehead atoms. The smallest absolute Gasteiger partial charge is 0.105 e. The molecule has 1 aromatic heterocycles. The van der Waals surface area contributed by atoms with E-state index in [1.165, 1.54) is 5.56 Å². The fourth-order valence-electron chi connectivity index (χ4n) is 1.73. The highest BCUT2D eigenvalue weighted by atomic mass is 15.0. The first-order valence-electron chi connectivity index (χ1n) is 5.44. The lowest BCUT2D eigenvalue weighted by Gasteiger charge is -2.07. The van der Waals surface area contributed by atoms with Crippen molar-refractivity contribution in [2.45, 2.75) is 19.9 Å². The van der Waals surface area contributed by atoms with Crippen LogP contribution in [0.25, 0.3) is 11.3 Å². The molecule has 0 aliphatic heterocycles. The average molecular weight is 215 g/mol. The molecule has 0 unspecified atom stereocenters. The van der Waals surface area contributed by atoms with Crippen LogP contribution in [0.4, 0.5) is 0 Å². The lowest BCUT2D eigenvalue weighted by molar-refractivity contribution is 0.818. The summed E-state index contributed by atoms with van der Waals surface area (Å²) in [5.74, 6) is 1.02. The van der Waals surface area contributed by atoms with Gasteiger partial charge >= 0.3 is 0 Å². The molecule has 0 saturated heterocycles. The van der Waals surface area contributed by atoms with Crippen molar-refractivity contribution in [3.05, 3.63) is 41.9 Å². The van der Waals surface area contributed by atoms with Gasteiger partial charge in [-0.05, 0) is 25.0 Å². The second kappa shape index (κ2) is 4.10. The highest BCUT2D eigenvalue weighted by Gasteiger charge is 2.06. The molecule has 84 valence electrons. The summed E-state index contributed by atoms with van der Waals surface area (Å²) in [6.07, 6.45) is 1.90. The maximum atomic E-state index is 5.82. The van der Waals surface area contributed by atoms with E-state index in [2.05, 4.69) is 33.8 Å². The van der Waals surface area contributed by atoms with Crippen molar-refractivity contribution >= 4 is 0 Å². The standard InChI is InChI=1S/C13H17N3/c1-9(14)11-4-6-12(7-5-11)13-8-15-10(2)16(13)3/h4-9H,14H2,1-3H3/t9-/m0/s1. The maximum absolute atomic E-state index is 5.82. The summed E-state index contributed by atoms with van der Waals surface area (Å²) in [7, 11) is 2.02. The Labute approximate surface area is 95.9 Å². The van der Waals surface area contributed by atoms with Crippen molar-refractivity contribution in [2.24, 2.45) is 12.8 Å². The third-order valence-corrected chi connectivity index (χ3v) is 2.95. The zero-order valence-electron chi connectivity index (χ0n) is 9.94. The minimum Gasteiger partial charge on any atom is -0.331 e. The Morgan fingerprint density at radius 2 is 1.88 bits per heavy atom. The number of nitrogens with two attached hydrogens (primary N) is 1. The van der Waals surface area contributed by atoms with Gasteiger partial charge in [0, 0.05) is 13.1 Å². The minimum absolute atomic E-state index is 0.0855. The second-order valence-electron chi connectivity index (χ2n) is 4.16. The number of benzene rings is 1. The van der Waals surface area contributed by atoms with E-state index in [0.29, 0.717) is 0 Å². The van der Waals surface area contributed by atoms with Crippen molar-refractivity contribution in [2.75, 3.05) is 0 Å². The molecule has 0 radical (unpaired) electrons. The molecular weight excluding hydrogens is 198 g/mol. The van der Waals surface area contributed by atoms with Crippen LogP contribution in [0, 0.1) is 6.92 Å². The predicted molar refractivity (Wildman–Crippen MR) is 66.0 cm³/mol. The van der Waals surface area contributed by atoms with Crippen LogP contribution >= 0.6 is 0 Å². The molecule has 0 spiro atoms. The summed E-state index contributed by atoms with van der Waals surface area (Å²) in [5.41, 5.74) is 9.28. The first kappa shape index (κ1) is 10.9. The van der Waals surface area contributed by atoms with Crippen LogP contribution in [-0.2, 0) is 7.05 Å². The number of hydrogen-bond acceptors (Lipinski definition) is 2. The van der Waals surface area contributed by atoms with Crippen molar-refractivity contribution in [1.29, 1.82) is 0 Å². The summed E-state index contributed by atoms with van der Waals surface area (Å²) in [6, 6.07) is 8.41. The number of imidazole rings is 1. The Morgan fingerprint density at radius 1 is 1.25 bits per heavy atom. The van der Waals surface area contributed by atoms with Gasteiger partial charge in [-0.15, -0.1) is 0 Å². The van der Waals surface area contributed by atoms with Gasteiger partial charge in [-0.1, -0.05) is 24.3 Å². The quantitative estimate of drug-likeness (QED) is 0.836. The molecule has 0 fully saturated rings. The summed E-state index contributed by atoms with van der Waals surface area (Å²) in [5, 5.41) is 0. The molecule has 2 rings (SSSR count). The van der Waals surface area contributed by atoms with E-state index < -0.39 is 0 Å². The first-order chi connectivity index (χ1) is 7.59. The van der Waals surface area contributed by atoms with E-state index in [-0.39, 0.29) is 6.04 Å². The predicted octanol–water partition coefficient (Wildman–Crippen LogP) is 2.42. The molecule has 1 aromatic carbocycles. The van der Waals surface area contributed by atoms with E-state index >= 15 is 0 Å². The van der Waals surface area contributed by atoms with Crippen LogP contribution < -0.4 is 5.73 Å².